The average Bonchev–Trinajstić information content (AvgIpc) is 3.57. The second kappa shape index (κ2) is 11.1. The topological polar surface area (TPSA) is 118 Å². The highest BCUT2D eigenvalue weighted by atomic mass is 19.1. The first-order chi connectivity index (χ1) is 18.4. The maximum absolute atomic E-state index is 14.4. The summed E-state index contributed by atoms with van der Waals surface area (Å²) in [7, 11) is 1.78. The molecule has 38 heavy (non-hydrogen) atoms. The largest absolute Gasteiger partial charge is 0.485 e. The molecule has 3 unspecified atom stereocenters. The van der Waals surface area contributed by atoms with E-state index in [1.54, 1.807) is 13.2 Å². The van der Waals surface area contributed by atoms with Gasteiger partial charge in [0.2, 0.25) is 5.95 Å². The van der Waals surface area contributed by atoms with Crippen molar-refractivity contribution < 1.29 is 18.0 Å². The minimum atomic E-state index is -0.484. The lowest BCUT2D eigenvalue weighted by atomic mass is 9.92. The van der Waals surface area contributed by atoms with Gasteiger partial charge in [0.05, 0.1) is 12.3 Å². The van der Waals surface area contributed by atoms with Gasteiger partial charge in [-0.15, -0.1) is 0 Å². The van der Waals surface area contributed by atoms with Crippen LogP contribution in [-0.4, -0.2) is 65.5 Å². The number of hydrogen-bond acceptors (Lipinski definition) is 10. The number of rotatable bonds is 8. The maximum atomic E-state index is 14.4. The number of benzene rings is 1. The molecule has 10 nitrogen and oxygen atoms in total. The molecule has 5 rings (SSSR count). The Morgan fingerprint density at radius 3 is 2.68 bits per heavy atom. The standard InChI is InChI=1S/C26H34F2N8O2/c1-4-23-32-26(38-34-23)35-9-7-16(8-10-35)15(2)37-22-12-31-25(33-24(22)30-3)36-13-19(21(29)14-36)18-11-17(27)5-6-20(18)28/h5-6,11-12,15-16,19,21H,4,7-10,13-14,29H2,1-3H3,(H,30,31,33). The SMILES string of the molecule is CCc1noc(N2CCC(C(C)Oc3cnc(N4CC(N)C(c5cc(F)ccc5F)C4)nc3NC)CC2)n1. The van der Waals surface area contributed by atoms with Crippen molar-refractivity contribution in [3.05, 3.63) is 47.4 Å². The van der Waals surface area contributed by atoms with Gasteiger partial charge in [-0.3, -0.25) is 0 Å². The van der Waals surface area contributed by atoms with Crippen LogP contribution in [0.15, 0.2) is 28.9 Å². The van der Waals surface area contributed by atoms with Gasteiger partial charge < -0.3 is 30.1 Å². The minimum Gasteiger partial charge on any atom is -0.485 e. The van der Waals surface area contributed by atoms with E-state index in [1.165, 1.54) is 6.07 Å². The van der Waals surface area contributed by atoms with Gasteiger partial charge in [-0.25, -0.2) is 13.8 Å². The fourth-order valence-electron chi connectivity index (χ4n) is 5.27. The number of aromatic nitrogens is 4. The quantitative estimate of drug-likeness (QED) is 0.451. The predicted octanol–water partition coefficient (Wildman–Crippen LogP) is 3.36. The third-order valence-electron chi connectivity index (χ3n) is 7.55. The van der Waals surface area contributed by atoms with E-state index < -0.39 is 11.6 Å². The summed E-state index contributed by atoms with van der Waals surface area (Å²) in [4.78, 5) is 17.6. The van der Waals surface area contributed by atoms with Crippen LogP contribution < -0.4 is 25.6 Å². The second-order valence-electron chi connectivity index (χ2n) is 9.97. The Labute approximate surface area is 220 Å². The number of nitrogens with two attached hydrogens (primary N) is 1. The molecule has 0 radical (unpaired) electrons. The molecule has 0 saturated carbocycles. The summed E-state index contributed by atoms with van der Waals surface area (Å²) in [6.07, 6.45) is 4.22. The van der Waals surface area contributed by atoms with Gasteiger partial charge in [-0.05, 0) is 49.4 Å². The minimum absolute atomic E-state index is 0.0480. The molecule has 1 aromatic carbocycles. The molecule has 0 amide bonds. The molecule has 204 valence electrons. The molecule has 3 N–H and O–H groups in total. The van der Waals surface area contributed by atoms with E-state index in [-0.39, 0.29) is 23.6 Å². The van der Waals surface area contributed by atoms with Crippen LogP contribution in [0.3, 0.4) is 0 Å². The smallest absolute Gasteiger partial charge is 0.324 e. The Balaban J connectivity index is 1.22. The molecule has 2 saturated heterocycles. The summed E-state index contributed by atoms with van der Waals surface area (Å²) < 4.78 is 39.8. The van der Waals surface area contributed by atoms with Gasteiger partial charge in [-0.1, -0.05) is 12.1 Å². The lowest BCUT2D eigenvalue weighted by Gasteiger charge is -2.33. The Kier molecular flexibility index (Phi) is 7.59. The van der Waals surface area contributed by atoms with Crippen LogP contribution in [0.1, 0.15) is 44.0 Å². The molecular formula is C26H34F2N8O2. The van der Waals surface area contributed by atoms with E-state index in [0.29, 0.717) is 42.5 Å². The number of nitrogens with one attached hydrogen (secondary N) is 1. The summed E-state index contributed by atoms with van der Waals surface area (Å²) >= 11 is 0. The summed E-state index contributed by atoms with van der Waals surface area (Å²) in [6.45, 7) is 6.52. The van der Waals surface area contributed by atoms with Crippen molar-refractivity contribution in [1.29, 1.82) is 0 Å². The van der Waals surface area contributed by atoms with Crippen LogP contribution >= 0.6 is 0 Å². The van der Waals surface area contributed by atoms with Crippen molar-refractivity contribution in [3.63, 3.8) is 0 Å². The molecule has 0 spiro atoms. The van der Waals surface area contributed by atoms with Gasteiger partial charge in [0.1, 0.15) is 11.6 Å². The third-order valence-corrected chi connectivity index (χ3v) is 7.55. The molecule has 2 aromatic heterocycles. The molecule has 0 aliphatic carbocycles. The van der Waals surface area contributed by atoms with Crippen LogP contribution in [-0.2, 0) is 6.42 Å². The summed E-state index contributed by atoms with van der Waals surface area (Å²) in [5.41, 5.74) is 6.59. The van der Waals surface area contributed by atoms with E-state index in [2.05, 4.69) is 37.2 Å². The maximum Gasteiger partial charge on any atom is 0.324 e. The van der Waals surface area contributed by atoms with E-state index in [4.69, 9.17) is 15.0 Å². The van der Waals surface area contributed by atoms with Crippen LogP contribution in [0.4, 0.5) is 26.6 Å². The third kappa shape index (κ3) is 5.35. The molecule has 3 aromatic rings. The number of nitrogens with zero attached hydrogens (tertiary/aromatic N) is 6. The zero-order chi connectivity index (χ0) is 26.8. The second-order valence-corrected chi connectivity index (χ2v) is 9.97. The number of ether oxygens (including phenoxy) is 1. The Bertz CT molecular complexity index is 1250. The van der Waals surface area contributed by atoms with Crippen LogP contribution in [0.5, 0.6) is 5.75 Å². The fourth-order valence-corrected chi connectivity index (χ4v) is 5.27. The highest BCUT2D eigenvalue weighted by Crippen LogP contribution is 2.34. The first kappa shape index (κ1) is 26.1. The van der Waals surface area contributed by atoms with Crippen molar-refractivity contribution in [3.8, 4) is 5.75 Å². The number of anilines is 3. The van der Waals surface area contributed by atoms with Gasteiger partial charge in [0, 0.05) is 51.6 Å². The lowest BCUT2D eigenvalue weighted by molar-refractivity contribution is 0.132. The van der Waals surface area contributed by atoms with Crippen LogP contribution in [0.2, 0.25) is 0 Å². The molecule has 2 fully saturated rings. The summed E-state index contributed by atoms with van der Waals surface area (Å²) in [5, 5.41) is 7.09. The normalized spacial score (nSPS) is 21.1. The average molecular weight is 529 g/mol. The first-order valence-corrected chi connectivity index (χ1v) is 13.1. The van der Waals surface area contributed by atoms with E-state index >= 15 is 0 Å². The Morgan fingerprint density at radius 1 is 1.18 bits per heavy atom. The monoisotopic (exact) mass is 528 g/mol. The molecule has 2 aliphatic rings. The summed E-state index contributed by atoms with van der Waals surface area (Å²) in [6, 6.07) is 3.67. The van der Waals surface area contributed by atoms with E-state index in [1.807, 2.05) is 11.8 Å². The first-order valence-electron chi connectivity index (χ1n) is 13.1. The van der Waals surface area contributed by atoms with Gasteiger partial charge >= 0.3 is 6.01 Å². The van der Waals surface area contributed by atoms with Crippen molar-refractivity contribution >= 4 is 17.8 Å². The molecular weight excluding hydrogens is 494 g/mol. The molecule has 3 atom stereocenters. The lowest BCUT2D eigenvalue weighted by Crippen LogP contribution is -2.39. The zero-order valence-electron chi connectivity index (χ0n) is 21.9. The zero-order valence-corrected chi connectivity index (χ0v) is 21.9. The summed E-state index contributed by atoms with van der Waals surface area (Å²) in [5.74, 6) is 1.34. The fraction of sp³-hybridized carbons (Fsp3) is 0.538. The Hall–Kier alpha value is -3.54. The Morgan fingerprint density at radius 2 is 1.97 bits per heavy atom. The molecule has 0 bridgehead atoms. The van der Waals surface area contributed by atoms with Gasteiger partial charge in [-0.2, -0.15) is 9.97 Å². The van der Waals surface area contributed by atoms with Crippen molar-refractivity contribution in [2.45, 2.75) is 51.2 Å². The van der Waals surface area contributed by atoms with Crippen molar-refractivity contribution in [2.24, 2.45) is 11.7 Å². The van der Waals surface area contributed by atoms with E-state index in [9.17, 15) is 8.78 Å². The molecule has 12 heteroatoms. The number of halogens is 2. The van der Waals surface area contributed by atoms with E-state index in [0.717, 1.165) is 50.3 Å². The van der Waals surface area contributed by atoms with Crippen LogP contribution in [0, 0.1) is 17.6 Å². The number of piperidine rings is 1. The number of hydrogen-bond donors (Lipinski definition) is 2. The molecule has 2 aliphatic heterocycles. The van der Waals surface area contributed by atoms with Gasteiger partial charge in [0.15, 0.2) is 17.4 Å². The van der Waals surface area contributed by atoms with Crippen LogP contribution in [0.25, 0.3) is 0 Å². The predicted molar refractivity (Wildman–Crippen MR) is 140 cm³/mol. The highest BCUT2D eigenvalue weighted by Gasteiger charge is 2.35. The van der Waals surface area contributed by atoms with Crippen molar-refractivity contribution in [2.75, 3.05) is 48.3 Å². The molecule has 4 heterocycles. The number of aryl methyl sites for hydroxylation is 1. The highest BCUT2D eigenvalue weighted by molar-refractivity contribution is 5.53. The van der Waals surface area contributed by atoms with Crippen molar-refractivity contribution in [1.82, 2.24) is 20.1 Å². The van der Waals surface area contributed by atoms with Gasteiger partial charge in [0.25, 0.3) is 0 Å².